The predicted octanol–water partition coefficient (Wildman–Crippen LogP) is 1.74. The first-order valence-corrected chi connectivity index (χ1v) is 5.91. The molecule has 1 aromatic carbocycles. The molecule has 0 bridgehead atoms. The van der Waals surface area contributed by atoms with E-state index >= 15 is 0 Å². The highest BCUT2D eigenvalue weighted by Crippen LogP contribution is 2.12. The molecule has 0 aliphatic heterocycles. The van der Waals surface area contributed by atoms with Crippen molar-refractivity contribution in [1.29, 1.82) is 0 Å². The maximum Gasteiger partial charge on any atom is 0.339 e. The summed E-state index contributed by atoms with van der Waals surface area (Å²) >= 11 is 0. The molecule has 1 N–H and O–H groups in total. The summed E-state index contributed by atoms with van der Waals surface area (Å²) in [5, 5.41) is 14.3. The smallest absolute Gasteiger partial charge is 0.339 e. The Labute approximate surface area is 112 Å². The number of hydrogen-bond donors (Lipinski definition) is 1. The quantitative estimate of drug-likeness (QED) is 0.783. The number of aromatic carboxylic acids is 1. The molecule has 0 radical (unpaired) electrons. The molecule has 100 valence electrons. The molecular formula is C14H10N2O4. The third-order valence-electron chi connectivity index (χ3n) is 3.03. The molecule has 3 aromatic rings. The van der Waals surface area contributed by atoms with Crippen molar-refractivity contribution in [3.05, 3.63) is 64.5 Å². The monoisotopic (exact) mass is 270 g/mol. The Morgan fingerprint density at radius 3 is 2.90 bits per heavy atom. The van der Waals surface area contributed by atoms with Gasteiger partial charge in [-0.1, -0.05) is 18.2 Å². The second-order valence-electron chi connectivity index (χ2n) is 4.26. The summed E-state index contributed by atoms with van der Waals surface area (Å²) in [5.41, 5.74) is -0.248. The van der Waals surface area contributed by atoms with Crippen molar-refractivity contribution >= 4 is 16.7 Å². The molecule has 3 rings (SSSR count). The highest BCUT2D eigenvalue weighted by molar-refractivity contribution is 5.88. The number of rotatable bonds is 3. The number of carboxylic acid groups (broad SMARTS) is 1. The molecule has 0 spiro atoms. The summed E-state index contributed by atoms with van der Waals surface area (Å²) in [5.74, 6) is -0.898. The zero-order chi connectivity index (χ0) is 14.1. The minimum absolute atomic E-state index is 0.0156. The van der Waals surface area contributed by atoms with Crippen molar-refractivity contribution in [3.63, 3.8) is 0 Å². The van der Waals surface area contributed by atoms with Gasteiger partial charge in [-0.15, -0.1) is 0 Å². The number of furan rings is 1. The standard InChI is InChI=1S/C14H10N2O4/c17-13-10-4-2-1-3-9(10)7-15-16(13)8-12-11(14(18)19)5-6-20-12/h1-7H,8H2,(H,18,19). The molecule has 2 heterocycles. The second kappa shape index (κ2) is 4.65. The van der Waals surface area contributed by atoms with Crippen LogP contribution in [-0.2, 0) is 6.54 Å². The first-order chi connectivity index (χ1) is 9.66. The zero-order valence-electron chi connectivity index (χ0n) is 10.3. The van der Waals surface area contributed by atoms with Gasteiger partial charge in [-0.25, -0.2) is 9.48 Å². The van der Waals surface area contributed by atoms with Crippen LogP contribution < -0.4 is 5.56 Å². The number of benzene rings is 1. The normalized spacial score (nSPS) is 10.8. The third-order valence-corrected chi connectivity index (χ3v) is 3.03. The molecule has 2 aromatic heterocycles. The van der Waals surface area contributed by atoms with Gasteiger partial charge in [0.1, 0.15) is 17.9 Å². The average molecular weight is 270 g/mol. The molecule has 0 atom stereocenters. The van der Waals surface area contributed by atoms with Crippen LogP contribution in [0.4, 0.5) is 0 Å². The van der Waals surface area contributed by atoms with Gasteiger partial charge in [0.15, 0.2) is 0 Å². The maximum atomic E-state index is 12.2. The van der Waals surface area contributed by atoms with Crippen LogP contribution in [0.5, 0.6) is 0 Å². The molecule has 0 unspecified atom stereocenters. The van der Waals surface area contributed by atoms with E-state index in [0.717, 1.165) is 5.39 Å². The van der Waals surface area contributed by atoms with Gasteiger partial charge in [0, 0.05) is 5.39 Å². The fourth-order valence-corrected chi connectivity index (χ4v) is 2.03. The van der Waals surface area contributed by atoms with E-state index < -0.39 is 5.97 Å². The number of aromatic nitrogens is 2. The fourth-order valence-electron chi connectivity index (χ4n) is 2.03. The summed E-state index contributed by atoms with van der Waals surface area (Å²) in [6.07, 6.45) is 2.85. The van der Waals surface area contributed by atoms with Crippen LogP contribution in [0, 0.1) is 0 Å². The van der Waals surface area contributed by atoms with Crippen molar-refractivity contribution in [3.8, 4) is 0 Å². The van der Waals surface area contributed by atoms with E-state index in [2.05, 4.69) is 5.10 Å². The molecule has 0 aliphatic carbocycles. The highest BCUT2D eigenvalue weighted by Gasteiger charge is 2.15. The van der Waals surface area contributed by atoms with Crippen molar-refractivity contribution < 1.29 is 14.3 Å². The van der Waals surface area contributed by atoms with Gasteiger partial charge in [-0.3, -0.25) is 4.79 Å². The van der Waals surface area contributed by atoms with Gasteiger partial charge in [-0.2, -0.15) is 5.10 Å². The molecule has 0 amide bonds. The summed E-state index contributed by atoms with van der Waals surface area (Å²) in [6, 6.07) is 8.44. The number of carboxylic acids is 1. The number of nitrogens with zero attached hydrogens (tertiary/aromatic N) is 2. The molecule has 0 fully saturated rings. The Kier molecular flexibility index (Phi) is 2.83. The summed E-state index contributed by atoms with van der Waals surface area (Å²) in [7, 11) is 0. The average Bonchev–Trinajstić information content (AvgIpc) is 2.91. The molecule has 0 aliphatic rings. The van der Waals surface area contributed by atoms with Crippen LogP contribution in [0.1, 0.15) is 16.1 Å². The second-order valence-corrected chi connectivity index (χ2v) is 4.26. The number of carbonyl (C=O) groups is 1. The van der Waals surface area contributed by atoms with Gasteiger partial charge >= 0.3 is 5.97 Å². The lowest BCUT2D eigenvalue weighted by Gasteiger charge is -2.04. The van der Waals surface area contributed by atoms with E-state index in [1.807, 2.05) is 6.07 Å². The lowest BCUT2D eigenvalue weighted by molar-refractivity contribution is 0.0694. The van der Waals surface area contributed by atoms with Crippen molar-refractivity contribution in [1.82, 2.24) is 9.78 Å². The third kappa shape index (κ3) is 1.97. The van der Waals surface area contributed by atoms with Crippen LogP contribution in [0.2, 0.25) is 0 Å². The maximum absolute atomic E-state index is 12.2. The minimum Gasteiger partial charge on any atom is -0.478 e. The van der Waals surface area contributed by atoms with Crippen molar-refractivity contribution in [2.75, 3.05) is 0 Å². The van der Waals surface area contributed by atoms with Gasteiger partial charge in [0.2, 0.25) is 0 Å². The molecular weight excluding hydrogens is 260 g/mol. The Morgan fingerprint density at radius 2 is 2.10 bits per heavy atom. The van der Waals surface area contributed by atoms with E-state index in [9.17, 15) is 9.59 Å². The first kappa shape index (κ1) is 12.2. The summed E-state index contributed by atoms with van der Waals surface area (Å²) < 4.78 is 6.30. The minimum atomic E-state index is -1.09. The summed E-state index contributed by atoms with van der Waals surface area (Å²) in [6.45, 7) is -0.0156. The van der Waals surface area contributed by atoms with E-state index in [0.29, 0.717) is 5.39 Å². The van der Waals surface area contributed by atoms with Gasteiger partial charge < -0.3 is 9.52 Å². The van der Waals surface area contributed by atoms with Crippen LogP contribution >= 0.6 is 0 Å². The van der Waals surface area contributed by atoms with Crippen LogP contribution in [-0.4, -0.2) is 20.9 Å². The largest absolute Gasteiger partial charge is 0.478 e. The Morgan fingerprint density at radius 1 is 1.30 bits per heavy atom. The summed E-state index contributed by atoms with van der Waals surface area (Å²) in [4.78, 5) is 23.2. The van der Waals surface area contributed by atoms with Crippen LogP contribution in [0.25, 0.3) is 10.8 Å². The van der Waals surface area contributed by atoms with Crippen molar-refractivity contribution in [2.45, 2.75) is 6.54 Å². The number of hydrogen-bond acceptors (Lipinski definition) is 4. The number of fused-ring (bicyclic) bond motifs is 1. The molecule has 6 nitrogen and oxygen atoms in total. The lowest BCUT2D eigenvalue weighted by Crippen LogP contribution is -2.23. The molecule has 20 heavy (non-hydrogen) atoms. The van der Waals surface area contributed by atoms with Crippen LogP contribution in [0.3, 0.4) is 0 Å². The van der Waals surface area contributed by atoms with E-state index in [-0.39, 0.29) is 23.4 Å². The predicted molar refractivity (Wildman–Crippen MR) is 70.8 cm³/mol. The van der Waals surface area contributed by atoms with Gasteiger partial charge in [0.05, 0.1) is 17.8 Å². The van der Waals surface area contributed by atoms with E-state index in [4.69, 9.17) is 9.52 Å². The fraction of sp³-hybridized carbons (Fsp3) is 0.0714. The van der Waals surface area contributed by atoms with E-state index in [1.165, 1.54) is 17.0 Å². The van der Waals surface area contributed by atoms with Gasteiger partial charge in [0.25, 0.3) is 5.56 Å². The first-order valence-electron chi connectivity index (χ1n) is 5.91. The van der Waals surface area contributed by atoms with E-state index in [1.54, 1.807) is 24.4 Å². The molecule has 6 heteroatoms. The lowest BCUT2D eigenvalue weighted by atomic mass is 10.2. The molecule has 0 saturated carbocycles. The molecule has 0 saturated heterocycles. The highest BCUT2D eigenvalue weighted by atomic mass is 16.4. The Balaban J connectivity index is 2.07. The zero-order valence-corrected chi connectivity index (χ0v) is 10.3. The SMILES string of the molecule is O=C(O)c1ccoc1Cn1ncc2ccccc2c1=O. The Hall–Kier alpha value is -2.89. The van der Waals surface area contributed by atoms with Crippen LogP contribution in [0.15, 0.2) is 52.0 Å². The Bertz CT molecular complexity index is 848. The topological polar surface area (TPSA) is 85.3 Å². The van der Waals surface area contributed by atoms with Gasteiger partial charge in [-0.05, 0) is 12.1 Å². The van der Waals surface area contributed by atoms with Crippen molar-refractivity contribution in [2.24, 2.45) is 0 Å².